The predicted octanol–water partition coefficient (Wildman–Crippen LogP) is 3.88. The van der Waals surface area contributed by atoms with E-state index < -0.39 is 0 Å². The minimum Gasteiger partial charge on any atom is -0.469 e. The molecule has 0 aliphatic rings. The fourth-order valence-corrected chi connectivity index (χ4v) is 2.25. The Balaban J connectivity index is 2.26. The van der Waals surface area contributed by atoms with Crippen LogP contribution in [0.15, 0.2) is 34.9 Å². The molecule has 0 saturated carbocycles. The summed E-state index contributed by atoms with van der Waals surface area (Å²) >= 11 is 5.97. The molecule has 0 amide bonds. The van der Waals surface area contributed by atoms with Gasteiger partial charge in [-0.3, -0.25) is 0 Å². The molecule has 0 radical (unpaired) electrons. The maximum absolute atomic E-state index is 13.4. The number of furan rings is 1. The fraction of sp³-hybridized carbons (Fsp3) is 0.286. The summed E-state index contributed by atoms with van der Waals surface area (Å²) in [6.07, 6.45) is 2.27. The Labute approximate surface area is 111 Å². The number of hydrogen-bond donors (Lipinski definition) is 1. The van der Waals surface area contributed by atoms with E-state index in [1.54, 1.807) is 12.3 Å². The van der Waals surface area contributed by atoms with E-state index in [1.807, 2.05) is 26.1 Å². The molecule has 1 unspecified atom stereocenters. The van der Waals surface area contributed by atoms with Crippen LogP contribution in [0.2, 0.25) is 5.02 Å². The summed E-state index contributed by atoms with van der Waals surface area (Å²) in [6, 6.07) is 6.85. The first-order valence-corrected chi connectivity index (χ1v) is 6.15. The summed E-state index contributed by atoms with van der Waals surface area (Å²) in [7, 11) is 1.87. The Kier molecular flexibility index (Phi) is 4.04. The molecule has 4 heteroatoms. The standard InChI is InChI=1S/C14H15ClFNO/c1-9-11(6-7-18-9)13(17-2)8-10-4-3-5-12(16)14(10)15/h3-7,13,17H,8H2,1-2H3. The van der Waals surface area contributed by atoms with E-state index in [4.69, 9.17) is 16.0 Å². The van der Waals surface area contributed by atoms with Crippen LogP contribution >= 0.6 is 11.6 Å². The summed E-state index contributed by atoms with van der Waals surface area (Å²) in [5.41, 5.74) is 1.86. The fourth-order valence-electron chi connectivity index (χ4n) is 2.05. The summed E-state index contributed by atoms with van der Waals surface area (Å²) in [4.78, 5) is 0. The van der Waals surface area contributed by atoms with Gasteiger partial charge in [-0.2, -0.15) is 0 Å². The highest BCUT2D eigenvalue weighted by Gasteiger charge is 2.17. The molecular weight excluding hydrogens is 253 g/mol. The van der Waals surface area contributed by atoms with E-state index in [1.165, 1.54) is 6.07 Å². The van der Waals surface area contributed by atoms with Gasteiger partial charge in [-0.25, -0.2) is 4.39 Å². The molecular formula is C14H15ClFNO. The lowest BCUT2D eigenvalue weighted by atomic mass is 9.99. The molecule has 2 rings (SSSR count). The molecule has 1 atom stereocenters. The molecule has 1 N–H and O–H groups in total. The van der Waals surface area contributed by atoms with E-state index in [0.717, 1.165) is 16.9 Å². The highest BCUT2D eigenvalue weighted by Crippen LogP contribution is 2.27. The van der Waals surface area contributed by atoms with Crippen molar-refractivity contribution in [1.82, 2.24) is 5.32 Å². The molecule has 0 fully saturated rings. The third kappa shape index (κ3) is 2.57. The maximum atomic E-state index is 13.4. The van der Waals surface area contributed by atoms with E-state index in [9.17, 15) is 4.39 Å². The van der Waals surface area contributed by atoms with Crippen molar-refractivity contribution >= 4 is 11.6 Å². The van der Waals surface area contributed by atoms with Crippen molar-refractivity contribution in [2.24, 2.45) is 0 Å². The first-order chi connectivity index (χ1) is 8.63. The SMILES string of the molecule is CNC(Cc1cccc(F)c1Cl)c1ccoc1C. The Bertz CT molecular complexity index is 538. The summed E-state index contributed by atoms with van der Waals surface area (Å²) in [5.74, 6) is 0.481. The number of nitrogens with one attached hydrogen (secondary N) is 1. The topological polar surface area (TPSA) is 25.2 Å². The van der Waals surface area contributed by atoms with Gasteiger partial charge in [-0.05, 0) is 38.1 Å². The zero-order valence-electron chi connectivity index (χ0n) is 10.3. The second-order valence-electron chi connectivity index (χ2n) is 4.19. The number of aryl methyl sites for hydroxylation is 1. The summed E-state index contributed by atoms with van der Waals surface area (Å²) < 4.78 is 18.7. The lowest BCUT2D eigenvalue weighted by Gasteiger charge is -2.16. The van der Waals surface area contributed by atoms with Crippen LogP contribution in [-0.4, -0.2) is 7.05 Å². The van der Waals surface area contributed by atoms with Crippen molar-refractivity contribution in [3.05, 3.63) is 58.3 Å². The molecule has 2 nitrogen and oxygen atoms in total. The molecule has 0 aliphatic carbocycles. The van der Waals surface area contributed by atoms with Gasteiger partial charge < -0.3 is 9.73 Å². The Hall–Kier alpha value is -1.32. The van der Waals surface area contributed by atoms with Gasteiger partial charge in [0.2, 0.25) is 0 Å². The van der Waals surface area contributed by atoms with Crippen LogP contribution in [0, 0.1) is 12.7 Å². The van der Waals surface area contributed by atoms with Gasteiger partial charge in [0.1, 0.15) is 11.6 Å². The molecule has 0 bridgehead atoms. The van der Waals surface area contributed by atoms with Crippen molar-refractivity contribution in [3.8, 4) is 0 Å². The van der Waals surface area contributed by atoms with Gasteiger partial charge in [0.05, 0.1) is 11.3 Å². The molecule has 0 spiro atoms. The monoisotopic (exact) mass is 267 g/mol. The molecule has 1 aromatic heterocycles. The lowest BCUT2D eigenvalue weighted by Crippen LogP contribution is -2.19. The largest absolute Gasteiger partial charge is 0.469 e. The van der Waals surface area contributed by atoms with E-state index in [2.05, 4.69) is 5.32 Å². The molecule has 0 aliphatic heterocycles. The van der Waals surface area contributed by atoms with E-state index in [0.29, 0.717) is 6.42 Å². The number of halogens is 2. The number of benzene rings is 1. The van der Waals surface area contributed by atoms with Gasteiger partial charge in [0.25, 0.3) is 0 Å². The number of likely N-dealkylation sites (N-methyl/N-ethyl adjacent to an activating group) is 1. The van der Waals surface area contributed by atoms with Gasteiger partial charge >= 0.3 is 0 Å². The van der Waals surface area contributed by atoms with Crippen LogP contribution in [0.25, 0.3) is 0 Å². The first-order valence-electron chi connectivity index (χ1n) is 5.77. The van der Waals surface area contributed by atoms with Crippen molar-refractivity contribution in [2.45, 2.75) is 19.4 Å². The second-order valence-corrected chi connectivity index (χ2v) is 4.57. The average molecular weight is 268 g/mol. The lowest BCUT2D eigenvalue weighted by molar-refractivity contribution is 0.511. The van der Waals surface area contributed by atoms with Crippen LogP contribution < -0.4 is 5.32 Å². The van der Waals surface area contributed by atoms with Crippen LogP contribution in [0.4, 0.5) is 4.39 Å². The second kappa shape index (κ2) is 5.55. The quantitative estimate of drug-likeness (QED) is 0.909. The zero-order chi connectivity index (χ0) is 13.1. The van der Waals surface area contributed by atoms with Crippen molar-refractivity contribution < 1.29 is 8.81 Å². The van der Waals surface area contributed by atoms with Gasteiger partial charge in [-0.15, -0.1) is 0 Å². The van der Waals surface area contributed by atoms with Gasteiger partial charge in [-0.1, -0.05) is 23.7 Å². The maximum Gasteiger partial charge on any atom is 0.142 e. The van der Waals surface area contributed by atoms with Gasteiger partial charge in [0, 0.05) is 11.6 Å². The Morgan fingerprint density at radius 2 is 2.17 bits per heavy atom. The molecule has 1 heterocycles. The molecule has 0 saturated heterocycles. The Morgan fingerprint density at radius 1 is 1.39 bits per heavy atom. The molecule has 1 aromatic carbocycles. The average Bonchev–Trinajstić information content (AvgIpc) is 2.77. The minimum absolute atomic E-state index is 0.0584. The Morgan fingerprint density at radius 3 is 2.78 bits per heavy atom. The van der Waals surface area contributed by atoms with Crippen LogP contribution in [0.5, 0.6) is 0 Å². The molecule has 96 valence electrons. The van der Waals surface area contributed by atoms with E-state index in [-0.39, 0.29) is 16.9 Å². The zero-order valence-corrected chi connectivity index (χ0v) is 11.1. The highest BCUT2D eigenvalue weighted by atomic mass is 35.5. The minimum atomic E-state index is -0.382. The third-order valence-electron chi connectivity index (χ3n) is 3.08. The van der Waals surface area contributed by atoms with Crippen molar-refractivity contribution in [3.63, 3.8) is 0 Å². The predicted molar refractivity (Wildman–Crippen MR) is 70.4 cm³/mol. The highest BCUT2D eigenvalue weighted by molar-refractivity contribution is 6.31. The molecule has 2 aromatic rings. The van der Waals surface area contributed by atoms with Gasteiger partial charge in [0.15, 0.2) is 0 Å². The van der Waals surface area contributed by atoms with Crippen LogP contribution in [-0.2, 0) is 6.42 Å². The van der Waals surface area contributed by atoms with Crippen LogP contribution in [0.3, 0.4) is 0 Å². The third-order valence-corrected chi connectivity index (χ3v) is 3.50. The normalized spacial score (nSPS) is 12.7. The van der Waals surface area contributed by atoms with Crippen molar-refractivity contribution in [2.75, 3.05) is 7.05 Å². The number of hydrogen-bond acceptors (Lipinski definition) is 2. The first kappa shape index (κ1) is 13.1. The smallest absolute Gasteiger partial charge is 0.142 e. The summed E-state index contributed by atoms with van der Waals surface area (Å²) in [6.45, 7) is 1.91. The van der Waals surface area contributed by atoms with Crippen LogP contribution in [0.1, 0.15) is 22.9 Å². The van der Waals surface area contributed by atoms with Crippen molar-refractivity contribution in [1.29, 1.82) is 0 Å². The number of rotatable bonds is 4. The molecule has 18 heavy (non-hydrogen) atoms. The summed E-state index contributed by atoms with van der Waals surface area (Å²) in [5, 5.41) is 3.39. The van der Waals surface area contributed by atoms with E-state index >= 15 is 0 Å².